The van der Waals surface area contributed by atoms with Gasteiger partial charge in [-0.3, -0.25) is 0 Å². The predicted molar refractivity (Wildman–Crippen MR) is 39.9 cm³/mol. The lowest BCUT2D eigenvalue weighted by Crippen LogP contribution is -2.49. The molecule has 3 aliphatic rings. The normalized spacial score (nSPS) is 48.0. The van der Waals surface area contributed by atoms with Gasteiger partial charge in [-0.2, -0.15) is 0 Å². The third kappa shape index (κ3) is 0.565. The molecule has 3 rings (SSSR count). The van der Waals surface area contributed by atoms with Crippen molar-refractivity contribution in [2.45, 2.75) is 31.3 Å². The van der Waals surface area contributed by atoms with Crippen molar-refractivity contribution in [2.75, 3.05) is 13.1 Å². The second-order valence-corrected chi connectivity index (χ2v) is 4.14. The molecule has 1 saturated carbocycles. The van der Waals surface area contributed by atoms with Crippen molar-refractivity contribution in [1.29, 1.82) is 0 Å². The van der Waals surface area contributed by atoms with Crippen LogP contribution in [0.25, 0.3) is 0 Å². The lowest BCUT2D eigenvalue weighted by Gasteiger charge is -2.23. The third-order valence-corrected chi connectivity index (χ3v) is 3.46. The summed E-state index contributed by atoms with van der Waals surface area (Å²) in [7, 11) is 0. The molecule has 0 amide bonds. The summed E-state index contributed by atoms with van der Waals surface area (Å²) in [6.07, 6.45) is 4.43. The van der Waals surface area contributed by atoms with Gasteiger partial charge in [0.15, 0.2) is 0 Å². The van der Waals surface area contributed by atoms with Crippen LogP contribution in [-0.4, -0.2) is 25.2 Å². The molecule has 2 unspecified atom stereocenters. The van der Waals surface area contributed by atoms with Crippen LogP contribution in [0.2, 0.25) is 0 Å². The minimum absolute atomic E-state index is 0.772. The molecule has 2 bridgehead atoms. The molecule has 2 N–H and O–H groups in total. The van der Waals surface area contributed by atoms with Gasteiger partial charge in [-0.1, -0.05) is 0 Å². The van der Waals surface area contributed by atoms with Crippen molar-refractivity contribution >= 4 is 0 Å². The van der Waals surface area contributed by atoms with Crippen molar-refractivity contribution in [1.82, 2.24) is 10.6 Å². The second kappa shape index (κ2) is 1.56. The smallest absolute Gasteiger partial charge is 0.0252 e. The molecule has 2 aliphatic heterocycles. The van der Waals surface area contributed by atoms with Crippen LogP contribution in [0.5, 0.6) is 0 Å². The van der Waals surface area contributed by atoms with Crippen LogP contribution in [0.1, 0.15) is 19.3 Å². The van der Waals surface area contributed by atoms with Crippen LogP contribution in [0.15, 0.2) is 0 Å². The van der Waals surface area contributed by atoms with Crippen molar-refractivity contribution in [2.24, 2.45) is 5.41 Å². The zero-order valence-electron chi connectivity index (χ0n) is 6.19. The van der Waals surface area contributed by atoms with E-state index < -0.39 is 0 Å². The molecule has 10 heavy (non-hydrogen) atoms. The molecular formula is C8H14N2. The molecule has 0 aromatic heterocycles. The quantitative estimate of drug-likeness (QED) is 0.496. The molecular weight excluding hydrogens is 124 g/mol. The fraction of sp³-hybridized carbons (Fsp3) is 1.00. The van der Waals surface area contributed by atoms with E-state index in [0.717, 1.165) is 17.5 Å². The molecule has 2 heteroatoms. The van der Waals surface area contributed by atoms with Crippen LogP contribution in [-0.2, 0) is 0 Å². The van der Waals surface area contributed by atoms with Crippen molar-refractivity contribution in [3.05, 3.63) is 0 Å². The summed E-state index contributed by atoms with van der Waals surface area (Å²) in [4.78, 5) is 0. The molecule has 0 radical (unpaired) electrons. The Balaban J connectivity index is 1.90. The average Bonchev–Trinajstić information content (AvgIpc) is 2.65. The Bertz CT molecular complexity index is 163. The largest absolute Gasteiger partial charge is 0.314 e. The highest BCUT2D eigenvalue weighted by Crippen LogP contribution is 2.56. The van der Waals surface area contributed by atoms with Crippen LogP contribution < -0.4 is 10.6 Å². The Morgan fingerprint density at radius 1 is 1.20 bits per heavy atom. The number of piperazine rings is 1. The maximum atomic E-state index is 3.68. The Kier molecular flexibility index (Phi) is 0.868. The monoisotopic (exact) mass is 138 g/mol. The SMILES string of the molecule is C1NCC2NC1CC21CC1. The first kappa shape index (κ1) is 5.56. The van der Waals surface area contributed by atoms with Crippen molar-refractivity contribution in [3.8, 4) is 0 Å². The zero-order chi connectivity index (χ0) is 6.60. The van der Waals surface area contributed by atoms with Gasteiger partial charge in [0.25, 0.3) is 0 Å². The summed E-state index contributed by atoms with van der Waals surface area (Å²) in [5, 5.41) is 7.16. The van der Waals surface area contributed by atoms with E-state index in [-0.39, 0.29) is 0 Å². The van der Waals surface area contributed by atoms with E-state index in [9.17, 15) is 0 Å². The third-order valence-electron chi connectivity index (χ3n) is 3.46. The standard InChI is InChI=1S/C8H14N2/c1-2-8(1)3-6-4-9-5-7(8)10-6/h6-7,9-10H,1-5H2. The number of rotatable bonds is 0. The summed E-state index contributed by atoms with van der Waals surface area (Å²) >= 11 is 0. The molecule has 2 heterocycles. The van der Waals surface area contributed by atoms with Gasteiger partial charge >= 0.3 is 0 Å². The van der Waals surface area contributed by atoms with Gasteiger partial charge in [-0.05, 0) is 24.7 Å². The van der Waals surface area contributed by atoms with E-state index in [4.69, 9.17) is 0 Å². The van der Waals surface area contributed by atoms with Gasteiger partial charge in [-0.15, -0.1) is 0 Å². The van der Waals surface area contributed by atoms with Gasteiger partial charge in [-0.25, -0.2) is 0 Å². The first-order chi connectivity index (χ1) is 4.89. The van der Waals surface area contributed by atoms with Gasteiger partial charge in [0, 0.05) is 25.2 Å². The fourth-order valence-electron chi connectivity index (χ4n) is 2.67. The minimum atomic E-state index is 0.772. The Hall–Kier alpha value is -0.0800. The van der Waals surface area contributed by atoms with Gasteiger partial charge in [0.05, 0.1) is 0 Å². The molecule has 1 spiro atoms. The van der Waals surface area contributed by atoms with Gasteiger partial charge in [0.1, 0.15) is 0 Å². The van der Waals surface area contributed by atoms with Crippen LogP contribution in [0.3, 0.4) is 0 Å². The molecule has 1 aliphatic carbocycles. The maximum absolute atomic E-state index is 3.68. The summed E-state index contributed by atoms with van der Waals surface area (Å²) in [6.45, 7) is 2.43. The Labute approximate surface area is 61.4 Å². The number of nitrogens with one attached hydrogen (secondary N) is 2. The van der Waals surface area contributed by atoms with E-state index in [0.29, 0.717) is 0 Å². The molecule has 2 saturated heterocycles. The van der Waals surface area contributed by atoms with Crippen LogP contribution in [0.4, 0.5) is 0 Å². The highest BCUT2D eigenvalue weighted by atomic mass is 15.1. The zero-order valence-corrected chi connectivity index (χ0v) is 6.19. The Morgan fingerprint density at radius 2 is 2.10 bits per heavy atom. The lowest BCUT2D eigenvalue weighted by molar-refractivity contribution is 0.381. The molecule has 0 aromatic rings. The van der Waals surface area contributed by atoms with Crippen molar-refractivity contribution < 1.29 is 0 Å². The highest BCUT2D eigenvalue weighted by Gasteiger charge is 2.55. The molecule has 3 fully saturated rings. The number of hydrogen-bond donors (Lipinski definition) is 2. The van der Waals surface area contributed by atoms with Crippen LogP contribution >= 0.6 is 0 Å². The minimum Gasteiger partial charge on any atom is -0.314 e. The van der Waals surface area contributed by atoms with E-state index in [1.807, 2.05) is 0 Å². The average molecular weight is 138 g/mol. The van der Waals surface area contributed by atoms with E-state index >= 15 is 0 Å². The van der Waals surface area contributed by atoms with E-state index in [1.165, 1.54) is 32.4 Å². The maximum Gasteiger partial charge on any atom is 0.0252 e. The van der Waals surface area contributed by atoms with Gasteiger partial charge < -0.3 is 10.6 Å². The number of hydrogen-bond acceptors (Lipinski definition) is 2. The second-order valence-electron chi connectivity index (χ2n) is 4.14. The van der Waals surface area contributed by atoms with E-state index in [2.05, 4.69) is 10.6 Å². The first-order valence-electron chi connectivity index (χ1n) is 4.36. The molecule has 0 aromatic carbocycles. The number of fused-ring (bicyclic) bond motifs is 3. The van der Waals surface area contributed by atoms with Crippen LogP contribution in [0, 0.1) is 5.41 Å². The Morgan fingerprint density at radius 3 is 2.80 bits per heavy atom. The summed E-state index contributed by atoms with van der Waals surface area (Å²) in [5.41, 5.74) is 0.772. The van der Waals surface area contributed by atoms with E-state index in [1.54, 1.807) is 0 Å². The molecule has 56 valence electrons. The fourth-order valence-corrected chi connectivity index (χ4v) is 2.67. The van der Waals surface area contributed by atoms with Gasteiger partial charge in [0.2, 0.25) is 0 Å². The topological polar surface area (TPSA) is 24.1 Å². The first-order valence-corrected chi connectivity index (χ1v) is 4.36. The highest BCUT2D eigenvalue weighted by molar-refractivity contribution is 5.12. The molecule has 2 atom stereocenters. The summed E-state index contributed by atoms with van der Waals surface area (Å²) in [6, 6.07) is 1.63. The summed E-state index contributed by atoms with van der Waals surface area (Å²) < 4.78 is 0. The summed E-state index contributed by atoms with van der Waals surface area (Å²) in [5.74, 6) is 0. The van der Waals surface area contributed by atoms with Crippen molar-refractivity contribution in [3.63, 3.8) is 0 Å². The predicted octanol–water partition coefficient (Wildman–Crippen LogP) is 0.100. The molecule has 2 nitrogen and oxygen atoms in total. The lowest BCUT2D eigenvalue weighted by atomic mass is 9.97.